The van der Waals surface area contributed by atoms with E-state index in [0.717, 1.165) is 12.2 Å². The third kappa shape index (κ3) is 3.20. The number of hydrogen-bond acceptors (Lipinski definition) is 4. The second-order valence-electron chi connectivity index (χ2n) is 8.18. The Morgan fingerprint density at radius 1 is 1.27 bits per heavy atom. The van der Waals surface area contributed by atoms with Crippen molar-refractivity contribution in [3.63, 3.8) is 0 Å². The van der Waals surface area contributed by atoms with Gasteiger partial charge < -0.3 is 10.6 Å². The Morgan fingerprint density at radius 3 is 2.81 bits per heavy atom. The molecule has 2 aliphatic rings. The third-order valence-electron chi connectivity index (χ3n) is 5.77. The highest BCUT2D eigenvalue weighted by Crippen LogP contribution is 2.39. The Labute approximate surface area is 154 Å². The second kappa shape index (κ2) is 6.74. The molecule has 0 bridgehead atoms. The molecule has 1 aliphatic carbocycles. The monoisotopic (exact) mass is 353 g/mol. The third-order valence-corrected chi connectivity index (χ3v) is 5.77. The molecule has 0 spiro atoms. The van der Waals surface area contributed by atoms with Crippen molar-refractivity contribution in [2.24, 2.45) is 5.92 Å². The Kier molecular flexibility index (Phi) is 4.42. The van der Waals surface area contributed by atoms with E-state index < -0.39 is 0 Å². The van der Waals surface area contributed by atoms with Gasteiger partial charge in [0.25, 0.3) is 5.91 Å². The molecule has 4 rings (SSSR count). The fraction of sp³-hybridized carbons (Fsp3) is 0.550. The van der Waals surface area contributed by atoms with Crippen molar-refractivity contribution in [3.8, 4) is 0 Å². The zero-order valence-corrected chi connectivity index (χ0v) is 15.5. The van der Waals surface area contributed by atoms with E-state index in [1.54, 1.807) is 18.6 Å². The summed E-state index contributed by atoms with van der Waals surface area (Å²) in [5, 5.41) is 11.1. The molecule has 3 heterocycles. The lowest BCUT2D eigenvalue weighted by molar-refractivity contribution is 0.102. The van der Waals surface area contributed by atoms with Gasteiger partial charge >= 0.3 is 0 Å². The first-order valence-electron chi connectivity index (χ1n) is 9.61. The molecule has 6 nitrogen and oxygen atoms in total. The molecule has 1 saturated carbocycles. The molecule has 1 atom stereocenters. The number of amides is 1. The van der Waals surface area contributed by atoms with Crippen LogP contribution in [0.1, 0.15) is 62.7 Å². The molecule has 0 saturated heterocycles. The topological polar surface area (TPSA) is 71.8 Å². The number of carbonyl (C=O) groups is 1. The van der Waals surface area contributed by atoms with E-state index in [4.69, 9.17) is 0 Å². The van der Waals surface area contributed by atoms with Crippen LogP contribution in [-0.4, -0.2) is 26.7 Å². The molecule has 2 aromatic heterocycles. The highest BCUT2D eigenvalue weighted by Gasteiger charge is 2.39. The van der Waals surface area contributed by atoms with Crippen LogP contribution in [-0.2, 0) is 5.54 Å². The van der Waals surface area contributed by atoms with Crippen molar-refractivity contribution < 1.29 is 4.79 Å². The number of rotatable bonds is 3. The molecule has 1 unspecified atom stereocenters. The average Bonchev–Trinajstić information content (AvgIpc) is 3.08. The number of fused-ring (bicyclic) bond motifs is 1. The van der Waals surface area contributed by atoms with Crippen LogP contribution in [0.5, 0.6) is 0 Å². The van der Waals surface area contributed by atoms with Gasteiger partial charge in [-0.05, 0) is 51.2 Å². The van der Waals surface area contributed by atoms with Gasteiger partial charge in [-0.3, -0.25) is 9.78 Å². The first kappa shape index (κ1) is 17.1. The molecule has 0 aromatic carbocycles. The maximum atomic E-state index is 12.8. The largest absolute Gasteiger partial charge is 0.366 e. The Hall–Kier alpha value is -2.37. The predicted molar refractivity (Wildman–Crippen MR) is 102 cm³/mol. The second-order valence-corrected chi connectivity index (χ2v) is 8.18. The van der Waals surface area contributed by atoms with E-state index in [1.807, 2.05) is 16.8 Å². The molecule has 1 amide bonds. The van der Waals surface area contributed by atoms with Crippen LogP contribution in [0, 0.1) is 5.92 Å². The Bertz CT molecular complexity index is 777. The van der Waals surface area contributed by atoms with Crippen LogP contribution in [0.25, 0.3) is 0 Å². The molecule has 1 aliphatic heterocycles. The average molecular weight is 353 g/mol. The molecular formula is C20H27N5O. The minimum atomic E-state index is -0.146. The summed E-state index contributed by atoms with van der Waals surface area (Å²) in [6.07, 6.45) is 12.6. The van der Waals surface area contributed by atoms with Gasteiger partial charge in [0.05, 0.1) is 23.6 Å². The van der Waals surface area contributed by atoms with Crippen LogP contribution in [0.4, 0.5) is 11.5 Å². The molecule has 26 heavy (non-hydrogen) atoms. The maximum Gasteiger partial charge on any atom is 0.261 e. The van der Waals surface area contributed by atoms with Crippen molar-refractivity contribution in [1.82, 2.24) is 14.8 Å². The quantitative estimate of drug-likeness (QED) is 0.874. The first-order chi connectivity index (χ1) is 12.5. The van der Waals surface area contributed by atoms with Crippen molar-refractivity contribution in [2.45, 2.75) is 64.0 Å². The number of nitrogens with one attached hydrogen (secondary N) is 2. The standard InChI is InChI=1S/C20H27N5O/c1-20(2)11-17(14-7-4-3-5-8-14)24-18-16(13-22-25(18)20)19(26)23-15-9-6-10-21-12-15/h6,9-10,12-14,17,24H,3-5,7-8,11H2,1-2H3,(H,23,26). The lowest BCUT2D eigenvalue weighted by Gasteiger charge is -2.42. The highest BCUT2D eigenvalue weighted by molar-refractivity contribution is 6.07. The zero-order valence-electron chi connectivity index (χ0n) is 15.5. The van der Waals surface area contributed by atoms with E-state index in [0.29, 0.717) is 23.2 Å². The lowest BCUT2D eigenvalue weighted by atomic mass is 9.78. The zero-order chi connectivity index (χ0) is 18.1. The van der Waals surface area contributed by atoms with E-state index in [1.165, 1.54) is 32.1 Å². The van der Waals surface area contributed by atoms with Gasteiger partial charge in [0.1, 0.15) is 11.4 Å². The molecule has 138 valence electrons. The number of pyridine rings is 1. The number of anilines is 2. The van der Waals surface area contributed by atoms with Crippen molar-refractivity contribution in [2.75, 3.05) is 10.6 Å². The maximum absolute atomic E-state index is 12.8. The van der Waals surface area contributed by atoms with Crippen LogP contribution in [0.2, 0.25) is 0 Å². The van der Waals surface area contributed by atoms with E-state index in [2.05, 4.69) is 34.6 Å². The minimum absolute atomic E-state index is 0.102. The summed E-state index contributed by atoms with van der Waals surface area (Å²) >= 11 is 0. The first-order valence-corrected chi connectivity index (χ1v) is 9.61. The predicted octanol–water partition coefficient (Wildman–Crippen LogP) is 4.03. The van der Waals surface area contributed by atoms with Crippen LogP contribution >= 0.6 is 0 Å². The number of hydrogen-bond donors (Lipinski definition) is 2. The van der Waals surface area contributed by atoms with E-state index in [-0.39, 0.29) is 11.4 Å². The SMILES string of the molecule is CC1(C)CC(C2CCCCC2)Nc2c(C(=O)Nc3cccnc3)cnn21. The van der Waals surface area contributed by atoms with Crippen molar-refractivity contribution >= 4 is 17.4 Å². The van der Waals surface area contributed by atoms with Gasteiger partial charge in [-0.2, -0.15) is 5.10 Å². The Morgan fingerprint density at radius 2 is 2.08 bits per heavy atom. The van der Waals surface area contributed by atoms with Crippen LogP contribution in [0.15, 0.2) is 30.7 Å². The Balaban J connectivity index is 1.60. The van der Waals surface area contributed by atoms with Gasteiger partial charge in [0.2, 0.25) is 0 Å². The van der Waals surface area contributed by atoms with E-state index >= 15 is 0 Å². The lowest BCUT2D eigenvalue weighted by Crippen LogP contribution is -2.45. The fourth-order valence-corrected chi connectivity index (χ4v) is 4.42. The van der Waals surface area contributed by atoms with Gasteiger partial charge in [0, 0.05) is 12.2 Å². The van der Waals surface area contributed by atoms with Crippen molar-refractivity contribution in [1.29, 1.82) is 0 Å². The summed E-state index contributed by atoms with van der Waals surface area (Å²) in [6.45, 7) is 4.42. The van der Waals surface area contributed by atoms with Gasteiger partial charge in [-0.15, -0.1) is 0 Å². The van der Waals surface area contributed by atoms with Crippen LogP contribution < -0.4 is 10.6 Å². The summed E-state index contributed by atoms with van der Waals surface area (Å²) in [6, 6.07) is 4.05. The smallest absolute Gasteiger partial charge is 0.261 e. The summed E-state index contributed by atoms with van der Waals surface area (Å²) in [5.41, 5.74) is 1.19. The van der Waals surface area contributed by atoms with E-state index in [9.17, 15) is 4.79 Å². The van der Waals surface area contributed by atoms with Gasteiger partial charge in [-0.1, -0.05) is 19.3 Å². The minimum Gasteiger partial charge on any atom is -0.366 e. The molecule has 1 fully saturated rings. The molecule has 6 heteroatoms. The highest BCUT2D eigenvalue weighted by atomic mass is 16.1. The molecule has 0 radical (unpaired) electrons. The summed E-state index contributed by atoms with van der Waals surface area (Å²) in [5.74, 6) is 1.38. The van der Waals surface area contributed by atoms with Crippen molar-refractivity contribution in [3.05, 3.63) is 36.3 Å². The van der Waals surface area contributed by atoms with Crippen LogP contribution in [0.3, 0.4) is 0 Å². The summed E-state index contributed by atoms with van der Waals surface area (Å²) < 4.78 is 1.98. The summed E-state index contributed by atoms with van der Waals surface area (Å²) in [7, 11) is 0. The summed E-state index contributed by atoms with van der Waals surface area (Å²) in [4.78, 5) is 16.9. The number of carbonyl (C=O) groups excluding carboxylic acids is 1. The molecule has 2 N–H and O–H groups in total. The number of nitrogens with zero attached hydrogens (tertiary/aromatic N) is 3. The van der Waals surface area contributed by atoms with Gasteiger partial charge in [0.15, 0.2) is 0 Å². The fourth-order valence-electron chi connectivity index (χ4n) is 4.42. The normalized spacial score (nSPS) is 22.3. The number of aromatic nitrogens is 3. The van der Waals surface area contributed by atoms with Gasteiger partial charge in [-0.25, -0.2) is 4.68 Å². The molecule has 2 aromatic rings. The molecular weight excluding hydrogens is 326 g/mol.